The van der Waals surface area contributed by atoms with Crippen molar-refractivity contribution in [2.75, 3.05) is 24.5 Å². The Bertz CT molecular complexity index is 730. The predicted octanol–water partition coefficient (Wildman–Crippen LogP) is 3.27. The number of amides is 1. The van der Waals surface area contributed by atoms with Gasteiger partial charge in [-0.25, -0.2) is 14.4 Å². The molecule has 0 saturated carbocycles. The fraction of sp³-hybridized carbons (Fsp3) is 0.450. The van der Waals surface area contributed by atoms with Gasteiger partial charge in [0.05, 0.1) is 5.92 Å². The summed E-state index contributed by atoms with van der Waals surface area (Å²) in [5.41, 5.74) is 1.72. The summed E-state index contributed by atoms with van der Waals surface area (Å²) in [5, 5.41) is 3.02. The fourth-order valence-corrected chi connectivity index (χ4v) is 3.10. The summed E-state index contributed by atoms with van der Waals surface area (Å²) in [4.78, 5) is 23.3. The molecule has 0 radical (unpaired) electrons. The first-order chi connectivity index (χ1) is 12.5. The number of hydrogen-bond acceptors (Lipinski definition) is 4. The Morgan fingerprint density at radius 3 is 2.58 bits per heavy atom. The molecule has 138 valence electrons. The van der Waals surface area contributed by atoms with E-state index >= 15 is 0 Å². The van der Waals surface area contributed by atoms with Gasteiger partial charge in [-0.2, -0.15) is 0 Å². The van der Waals surface area contributed by atoms with E-state index in [1.807, 2.05) is 0 Å². The van der Waals surface area contributed by atoms with Crippen molar-refractivity contribution in [1.82, 2.24) is 15.3 Å². The lowest BCUT2D eigenvalue weighted by Crippen LogP contribution is -2.44. The van der Waals surface area contributed by atoms with E-state index in [4.69, 9.17) is 0 Å². The largest absolute Gasteiger partial charge is 0.356 e. The third-order valence-corrected chi connectivity index (χ3v) is 4.58. The molecule has 6 heteroatoms. The lowest BCUT2D eigenvalue weighted by atomic mass is 9.97. The molecular formula is C20H25FN4O. The number of nitrogens with one attached hydrogen (secondary N) is 1. The van der Waals surface area contributed by atoms with E-state index in [1.165, 1.54) is 12.1 Å². The Kier molecular flexibility index (Phi) is 5.81. The monoisotopic (exact) mass is 356 g/mol. The second-order valence-corrected chi connectivity index (χ2v) is 7.20. The van der Waals surface area contributed by atoms with Crippen molar-refractivity contribution in [3.8, 4) is 11.1 Å². The number of rotatable bonds is 5. The van der Waals surface area contributed by atoms with Gasteiger partial charge in [-0.1, -0.05) is 26.0 Å². The van der Waals surface area contributed by atoms with Crippen molar-refractivity contribution in [3.63, 3.8) is 0 Å². The summed E-state index contributed by atoms with van der Waals surface area (Å²) in [7, 11) is 0. The standard InChI is InChI=1S/C20H25FN4O/c1-14(2)10-22-19(26)16-4-3-9-25(13-16)20-23-11-17(12-24-20)15-5-7-18(21)8-6-15/h5-8,11-12,14,16H,3-4,9-10,13H2,1-2H3,(H,22,26). The summed E-state index contributed by atoms with van der Waals surface area (Å²) in [6.45, 7) is 6.37. The van der Waals surface area contributed by atoms with E-state index in [0.29, 0.717) is 25.0 Å². The normalized spacial score (nSPS) is 17.4. The van der Waals surface area contributed by atoms with Gasteiger partial charge < -0.3 is 10.2 Å². The summed E-state index contributed by atoms with van der Waals surface area (Å²) in [6.07, 6.45) is 5.34. The van der Waals surface area contributed by atoms with Gasteiger partial charge in [0.15, 0.2) is 0 Å². The van der Waals surface area contributed by atoms with Crippen LogP contribution in [0, 0.1) is 17.7 Å². The quantitative estimate of drug-likeness (QED) is 0.893. The molecule has 1 aliphatic heterocycles. The molecular weight excluding hydrogens is 331 g/mol. The molecule has 0 spiro atoms. The third kappa shape index (κ3) is 4.56. The number of piperidine rings is 1. The maximum Gasteiger partial charge on any atom is 0.225 e. The minimum Gasteiger partial charge on any atom is -0.356 e. The molecule has 2 aromatic rings. The first-order valence-corrected chi connectivity index (χ1v) is 9.13. The van der Waals surface area contributed by atoms with Gasteiger partial charge >= 0.3 is 0 Å². The highest BCUT2D eigenvalue weighted by atomic mass is 19.1. The second-order valence-electron chi connectivity index (χ2n) is 7.20. The van der Waals surface area contributed by atoms with E-state index in [-0.39, 0.29) is 17.6 Å². The molecule has 1 unspecified atom stereocenters. The Morgan fingerprint density at radius 1 is 1.23 bits per heavy atom. The topological polar surface area (TPSA) is 58.1 Å². The molecule has 1 fully saturated rings. The molecule has 1 saturated heterocycles. The first kappa shape index (κ1) is 18.3. The van der Waals surface area contributed by atoms with Gasteiger partial charge in [0.25, 0.3) is 0 Å². The van der Waals surface area contributed by atoms with Crippen molar-refractivity contribution >= 4 is 11.9 Å². The summed E-state index contributed by atoms with van der Waals surface area (Å²) < 4.78 is 13.0. The van der Waals surface area contributed by atoms with Crippen molar-refractivity contribution in [2.45, 2.75) is 26.7 Å². The van der Waals surface area contributed by atoms with Crippen molar-refractivity contribution in [3.05, 3.63) is 42.5 Å². The van der Waals surface area contributed by atoms with Gasteiger partial charge in [-0.05, 0) is 36.5 Å². The number of nitrogens with zero attached hydrogens (tertiary/aromatic N) is 3. The Hall–Kier alpha value is -2.50. The van der Waals surface area contributed by atoms with Gasteiger partial charge in [0, 0.05) is 37.6 Å². The van der Waals surface area contributed by atoms with Crippen LogP contribution >= 0.6 is 0 Å². The number of carbonyl (C=O) groups is 1. The second kappa shape index (κ2) is 8.25. The van der Waals surface area contributed by atoms with Crippen LogP contribution in [0.3, 0.4) is 0 Å². The van der Waals surface area contributed by atoms with Crippen molar-refractivity contribution in [2.24, 2.45) is 11.8 Å². The molecule has 1 aliphatic rings. The van der Waals surface area contributed by atoms with Crippen LogP contribution in [0.2, 0.25) is 0 Å². The number of benzene rings is 1. The summed E-state index contributed by atoms with van der Waals surface area (Å²) in [6, 6.07) is 6.27. The van der Waals surface area contributed by atoms with Crippen molar-refractivity contribution in [1.29, 1.82) is 0 Å². The minimum atomic E-state index is -0.263. The van der Waals surface area contributed by atoms with Gasteiger partial charge in [-0.15, -0.1) is 0 Å². The molecule has 3 rings (SSSR count). The maximum atomic E-state index is 13.0. The van der Waals surface area contributed by atoms with Crippen LogP contribution in [0.5, 0.6) is 0 Å². The average molecular weight is 356 g/mol. The first-order valence-electron chi connectivity index (χ1n) is 9.13. The average Bonchev–Trinajstić information content (AvgIpc) is 2.67. The minimum absolute atomic E-state index is 0.0251. The van der Waals surface area contributed by atoms with Crippen LogP contribution in [0.1, 0.15) is 26.7 Å². The molecule has 26 heavy (non-hydrogen) atoms. The van der Waals surface area contributed by atoms with Gasteiger partial charge in [-0.3, -0.25) is 4.79 Å². The van der Waals surface area contributed by atoms with E-state index in [9.17, 15) is 9.18 Å². The van der Waals surface area contributed by atoms with E-state index < -0.39 is 0 Å². The van der Waals surface area contributed by atoms with Gasteiger partial charge in [0.2, 0.25) is 11.9 Å². The van der Waals surface area contributed by atoms with E-state index in [1.54, 1.807) is 24.5 Å². The van der Waals surface area contributed by atoms with Crippen LogP contribution in [0.15, 0.2) is 36.7 Å². The molecule has 1 aromatic carbocycles. The number of carbonyl (C=O) groups excluding carboxylic acids is 1. The summed E-state index contributed by atoms with van der Waals surface area (Å²) >= 11 is 0. The van der Waals surface area contributed by atoms with Crippen LogP contribution < -0.4 is 10.2 Å². The molecule has 1 atom stereocenters. The molecule has 0 aliphatic carbocycles. The number of hydrogen-bond donors (Lipinski definition) is 1. The molecule has 1 N–H and O–H groups in total. The zero-order chi connectivity index (χ0) is 18.5. The lowest BCUT2D eigenvalue weighted by Gasteiger charge is -2.32. The number of anilines is 1. The van der Waals surface area contributed by atoms with Crippen LogP contribution in [0.25, 0.3) is 11.1 Å². The van der Waals surface area contributed by atoms with Crippen LogP contribution in [0.4, 0.5) is 10.3 Å². The maximum absolute atomic E-state index is 13.0. The van der Waals surface area contributed by atoms with Crippen molar-refractivity contribution < 1.29 is 9.18 Å². The Labute approximate surface area is 153 Å². The lowest BCUT2D eigenvalue weighted by molar-refractivity contribution is -0.125. The highest BCUT2D eigenvalue weighted by Crippen LogP contribution is 2.23. The van der Waals surface area contributed by atoms with Crippen LogP contribution in [-0.2, 0) is 4.79 Å². The fourth-order valence-electron chi connectivity index (χ4n) is 3.10. The Balaban J connectivity index is 1.65. The Morgan fingerprint density at radius 2 is 1.92 bits per heavy atom. The SMILES string of the molecule is CC(C)CNC(=O)C1CCCN(c2ncc(-c3ccc(F)cc3)cn2)C1. The zero-order valence-electron chi connectivity index (χ0n) is 15.3. The highest BCUT2D eigenvalue weighted by molar-refractivity contribution is 5.79. The zero-order valence-corrected chi connectivity index (χ0v) is 15.3. The smallest absolute Gasteiger partial charge is 0.225 e. The molecule has 5 nitrogen and oxygen atoms in total. The van der Waals surface area contributed by atoms with E-state index in [0.717, 1.165) is 30.5 Å². The molecule has 2 heterocycles. The number of halogens is 1. The third-order valence-electron chi connectivity index (χ3n) is 4.58. The van der Waals surface area contributed by atoms with Gasteiger partial charge in [0.1, 0.15) is 5.82 Å². The predicted molar refractivity (Wildman–Crippen MR) is 100 cm³/mol. The highest BCUT2D eigenvalue weighted by Gasteiger charge is 2.27. The number of aromatic nitrogens is 2. The molecule has 1 amide bonds. The van der Waals surface area contributed by atoms with E-state index in [2.05, 4.69) is 34.0 Å². The summed E-state index contributed by atoms with van der Waals surface area (Å²) in [5.74, 6) is 0.911. The van der Waals surface area contributed by atoms with Crippen LogP contribution in [-0.4, -0.2) is 35.5 Å². The molecule has 0 bridgehead atoms. The molecule has 1 aromatic heterocycles.